The van der Waals surface area contributed by atoms with Crippen molar-refractivity contribution >= 4 is 51.5 Å². The van der Waals surface area contributed by atoms with Crippen molar-refractivity contribution in [2.45, 2.75) is 6.10 Å². The molecule has 1 atom stereocenters. The number of hydrogen-bond acceptors (Lipinski definition) is 5. The van der Waals surface area contributed by atoms with E-state index in [4.69, 9.17) is 23.2 Å². The van der Waals surface area contributed by atoms with E-state index in [1.54, 1.807) is 36.4 Å². The molecule has 0 saturated carbocycles. The highest BCUT2D eigenvalue weighted by Crippen LogP contribution is 2.29. The normalized spacial score (nSPS) is 11.9. The molecule has 0 spiro atoms. The van der Waals surface area contributed by atoms with Gasteiger partial charge in [0, 0.05) is 17.8 Å². The third-order valence-electron chi connectivity index (χ3n) is 5.80. The fourth-order valence-electron chi connectivity index (χ4n) is 3.98. The largest absolute Gasteiger partial charge is 0.387 e. The van der Waals surface area contributed by atoms with E-state index in [0.29, 0.717) is 33.3 Å². The van der Waals surface area contributed by atoms with Gasteiger partial charge >= 0.3 is 0 Å². The predicted molar refractivity (Wildman–Crippen MR) is 146 cm³/mol. The number of aromatic amines is 2. The predicted octanol–water partition coefficient (Wildman–Crippen LogP) is 5.62. The van der Waals surface area contributed by atoms with E-state index in [0.717, 1.165) is 5.56 Å². The number of aliphatic hydroxyl groups excluding tert-OH is 1. The first-order valence-electron chi connectivity index (χ1n) is 11.3. The third-order valence-corrected chi connectivity index (χ3v) is 6.35. The first kappa shape index (κ1) is 24.6. The van der Waals surface area contributed by atoms with E-state index >= 15 is 0 Å². The summed E-state index contributed by atoms with van der Waals surface area (Å²) in [6.45, 7) is 0.184. The summed E-state index contributed by atoms with van der Waals surface area (Å²) in [4.78, 5) is 36.2. The Balaban J connectivity index is 1.45. The summed E-state index contributed by atoms with van der Waals surface area (Å²) in [5.41, 5.74) is 2.96. The Morgan fingerprint density at radius 1 is 1.00 bits per heavy atom. The molecule has 5 aromatic rings. The molecule has 8 nitrogen and oxygen atoms in total. The Kier molecular flexibility index (Phi) is 6.96. The number of nitrogens with one attached hydrogen (secondary N) is 4. The number of amides is 1. The van der Waals surface area contributed by atoms with E-state index in [1.165, 1.54) is 12.3 Å². The van der Waals surface area contributed by atoms with Gasteiger partial charge in [-0.2, -0.15) is 0 Å². The lowest BCUT2D eigenvalue weighted by Crippen LogP contribution is -2.17. The van der Waals surface area contributed by atoms with Gasteiger partial charge in [-0.25, -0.2) is 4.98 Å². The fourth-order valence-corrected chi connectivity index (χ4v) is 4.47. The second-order valence-corrected chi connectivity index (χ2v) is 9.11. The van der Waals surface area contributed by atoms with E-state index in [2.05, 4.69) is 25.6 Å². The van der Waals surface area contributed by atoms with Gasteiger partial charge in [-0.05, 0) is 42.0 Å². The summed E-state index contributed by atoms with van der Waals surface area (Å²) in [6, 6.07) is 20.8. The molecule has 10 heteroatoms. The summed E-state index contributed by atoms with van der Waals surface area (Å²) in [5.74, 6) is -0.117. The minimum Gasteiger partial charge on any atom is -0.387 e. The number of fused-ring (bicyclic) bond motifs is 1. The molecule has 3 aromatic carbocycles. The van der Waals surface area contributed by atoms with Gasteiger partial charge in [-0.15, -0.1) is 0 Å². The first-order valence-corrected chi connectivity index (χ1v) is 12.1. The molecule has 186 valence electrons. The van der Waals surface area contributed by atoms with Crippen molar-refractivity contribution in [3.8, 4) is 11.4 Å². The molecule has 0 saturated heterocycles. The number of nitrogens with zero attached hydrogens (tertiary/aromatic N) is 1. The summed E-state index contributed by atoms with van der Waals surface area (Å²) in [7, 11) is 0. The van der Waals surface area contributed by atoms with Crippen LogP contribution in [0.5, 0.6) is 0 Å². The van der Waals surface area contributed by atoms with Gasteiger partial charge in [0.25, 0.3) is 11.5 Å². The van der Waals surface area contributed by atoms with Crippen molar-refractivity contribution in [1.29, 1.82) is 0 Å². The van der Waals surface area contributed by atoms with Crippen LogP contribution in [0.4, 0.5) is 11.4 Å². The van der Waals surface area contributed by atoms with Crippen LogP contribution in [-0.2, 0) is 0 Å². The molecule has 0 unspecified atom stereocenters. The molecule has 2 aromatic heterocycles. The van der Waals surface area contributed by atoms with Gasteiger partial charge in [0.2, 0.25) is 0 Å². The number of imidazole rings is 1. The number of carbonyl (C=O) groups is 1. The second-order valence-electron chi connectivity index (χ2n) is 8.27. The standard InChI is InChI=1S/C27H21Cl2N5O3/c28-16-9-10-17(18(29)13-16)26(36)33-21-8-4-7-20-24(21)34-25(32-20)23-19(11-12-30-27(23)37)31-14-22(35)15-5-2-1-3-6-15/h1-13,22,35H,14H2,(H,32,34)(H,33,36)(H2,30,31,37)/t22-/m1/s1. The average molecular weight is 534 g/mol. The lowest BCUT2D eigenvalue weighted by atomic mass is 10.1. The highest BCUT2D eigenvalue weighted by Gasteiger charge is 2.18. The monoisotopic (exact) mass is 533 g/mol. The zero-order valence-corrected chi connectivity index (χ0v) is 20.8. The lowest BCUT2D eigenvalue weighted by molar-refractivity contribution is 0.102. The van der Waals surface area contributed by atoms with Crippen molar-refractivity contribution in [2.75, 3.05) is 17.2 Å². The van der Waals surface area contributed by atoms with Crippen LogP contribution in [0.15, 0.2) is 83.8 Å². The number of hydrogen-bond donors (Lipinski definition) is 5. The van der Waals surface area contributed by atoms with Crippen LogP contribution in [-0.4, -0.2) is 32.5 Å². The van der Waals surface area contributed by atoms with Gasteiger partial charge in [0.1, 0.15) is 16.9 Å². The van der Waals surface area contributed by atoms with Gasteiger partial charge in [-0.3, -0.25) is 9.59 Å². The highest BCUT2D eigenvalue weighted by atomic mass is 35.5. The molecular formula is C27H21Cl2N5O3. The van der Waals surface area contributed by atoms with Crippen LogP contribution in [0.3, 0.4) is 0 Å². The van der Waals surface area contributed by atoms with Crippen molar-refractivity contribution < 1.29 is 9.90 Å². The number of halogens is 2. The molecule has 1 amide bonds. The summed E-state index contributed by atoms with van der Waals surface area (Å²) < 4.78 is 0. The summed E-state index contributed by atoms with van der Waals surface area (Å²) in [6.07, 6.45) is 0.748. The van der Waals surface area contributed by atoms with Gasteiger partial charge < -0.3 is 25.7 Å². The number of anilines is 2. The average Bonchev–Trinajstić information content (AvgIpc) is 3.32. The minimum absolute atomic E-state index is 0.184. The van der Waals surface area contributed by atoms with E-state index < -0.39 is 12.0 Å². The molecule has 5 rings (SSSR count). The van der Waals surface area contributed by atoms with Crippen LogP contribution in [0.2, 0.25) is 10.0 Å². The van der Waals surface area contributed by atoms with Crippen LogP contribution < -0.4 is 16.2 Å². The molecule has 2 heterocycles. The SMILES string of the molecule is O=C(Nc1cccc2[nH]c(-c3c(NC[C@@H](O)c4ccccc4)cc[nH]c3=O)nc12)c1ccc(Cl)cc1Cl. The molecule has 37 heavy (non-hydrogen) atoms. The van der Waals surface area contributed by atoms with Crippen molar-refractivity contribution in [1.82, 2.24) is 15.0 Å². The molecular weight excluding hydrogens is 513 g/mol. The molecule has 5 N–H and O–H groups in total. The Bertz CT molecular complexity index is 1650. The smallest absolute Gasteiger partial charge is 0.261 e. The number of H-pyrrole nitrogens is 2. The number of aliphatic hydroxyl groups is 1. The highest BCUT2D eigenvalue weighted by molar-refractivity contribution is 6.37. The quantitative estimate of drug-likeness (QED) is 0.185. The minimum atomic E-state index is -0.773. The number of rotatable bonds is 7. The molecule has 0 fully saturated rings. The number of para-hydroxylation sites is 1. The number of aromatic nitrogens is 3. The molecule has 0 aliphatic heterocycles. The van der Waals surface area contributed by atoms with E-state index in [9.17, 15) is 14.7 Å². The molecule has 0 bridgehead atoms. The number of carbonyl (C=O) groups excluding carboxylic acids is 1. The fraction of sp³-hybridized carbons (Fsp3) is 0.0741. The topological polar surface area (TPSA) is 123 Å². The van der Waals surface area contributed by atoms with Gasteiger partial charge in [-0.1, -0.05) is 59.6 Å². The number of benzene rings is 3. The Labute approximate surface area is 221 Å². The Hall–Kier alpha value is -4.11. The zero-order valence-electron chi connectivity index (χ0n) is 19.3. The first-order chi connectivity index (χ1) is 17.9. The van der Waals surface area contributed by atoms with Crippen molar-refractivity contribution in [2.24, 2.45) is 0 Å². The van der Waals surface area contributed by atoms with Crippen LogP contribution in [0.1, 0.15) is 22.0 Å². The van der Waals surface area contributed by atoms with Gasteiger partial charge in [0.15, 0.2) is 0 Å². The summed E-state index contributed by atoms with van der Waals surface area (Å²) in [5, 5.41) is 17.2. The zero-order chi connectivity index (χ0) is 25.9. The number of pyridine rings is 1. The maximum atomic E-state index is 12.9. The van der Waals surface area contributed by atoms with Crippen molar-refractivity contribution in [3.63, 3.8) is 0 Å². The van der Waals surface area contributed by atoms with E-state index in [-0.39, 0.29) is 28.3 Å². The second kappa shape index (κ2) is 10.5. The maximum Gasteiger partial charge on any atom is 0.261 e. The lowest BCUT2D eigenvalue weighted by Gasteiger charge is -2.14. The Morgan fingerprint density at radius 2 is 1.81 bits per heavy atom. The third kappa shape index (κ3) is 5.22. The summed E-state index contributed by atoms with van der Waals surface area (Å²) >= 11 is 12.1. The Morgan fingerprint density at radius 3 is 2.59 bits per heavy atom. The van der Waals surface area contributed by atoms with E-state index in [1.807, 2.05) is 30.3 Å². The molecule has 0 radical (unpaired) electrons. The van der Waals surface area contributed by atoms with Crippen LogP contribution in [0, 0.1) is 0 Å². The maximum absolute atomic E-state index is 12.9. The molecule has 0 aliphatic rings. The van der Waals surface area contributed by atoms with Crippen molar-refractivity contribution in [3.05, 3.63) is 111 Å². The van der Waals surface area contributed by atoms with Crippen LogP contribution in [0.25, 0.3) is 22.4 Å². The van der Waals surface area contributed by atoms with Crippen LogP contribution >= 0.6 is 23.2 Å². The van der Waals surface area contributed by atoms with Gasteiger partial charge in [0.05, 0.1) is 33.6 Å². The molecule has 0 aliphatic carbocycles.